The van der Waals surface area contributed by atoms with Gasteiger partial charge >= 0.3 is 6.18 Å². The maximum absolute atomic E-state index is 13.9. The Morgan fingerprint density at radius 2 is 1.75 bits per heavy atom. The summed E-state index contributed by atoms with van der Waals surface area (Å²) in [4.78, 5) is 0. The van der Waals surface area contributed by atoms with Gasteiger partial charge in [0, 0.05) is 0 Å². The van der Waals surface area contributed by atoms with Gasteiger partial charge in [0.05, 0.1) is 5.56 Å². The molecule has 0 aliphatic heterocycles. The molecule has 0 atom stereocenters. The Morgan fingerprint density at radius 1 is 1.10 bits per heavy atom. The van der Waals surface area contributed by atoms with Gasteiger partial charge in [-0.15, -0.1) is 0 Å². The van der Waals surface area contributed by atoms with Crippen LogP contribution in [0, 0.1) is 11.7 Å². The number of alkyl halides is 3. The van der Waals surface area contributed by atoms with E-state index in [1.54, 1.807) is 0 Å². The fraction of sp³-hybridized carbons (Fsp3) is 0.625. The van der Waals surface area contributed by atoms with Gasteiger partial charge in [0.2, 0.25) is 0 Å². The maximum Gasteiger partial charge on any atom is 0.416 e. The molecule has 0 bridgehead atoms. The van der Waals surface area contributed by atoms with E-state index in [2.05, 4.69) is 6.92 Å². The molecule has 2 rings (SSSR count). The van der Waals surface area contributed by atoms with Crippen LogP contribution in [-0.2, 0) is 6.18 Å². The summed E-state index contributed by atoms with van der Waals surface area (Å²) >= 11 is 0. The van der Waals surface area contributed by atoms with Gasteiger partial charge < -0.3 is 0 Å². The lowest BCUT2D eigenvalue weighted by Gasteiger charge is -2.29. The van der Waals surface area contributed by atoms with Gasteiger partial charge in [-0.2, -0.15) is 13.2 Å². The Kier molecular flexibility index (Phi) is 4.71. The Morgan fingerprint density at radius 3 is 2.25 bits per heavy atom. The van der Waals surface area contributed by atoms with Crippen LogP contribution in [0.1, 0.15) is 62.5 Å². The number of hydrogen-bond acceptors (Lipinski definition) is 0. The molecule has 0 heterocycles. The predicted molar refractivity (Wildman–Crippen MR) is 71.0 cm³/mol. The zero-order chi connectivity index (χ0) is 14.8. The molecule has 0 nitrogen and oxygen atoms in total. The summed E-state index contributed by atoms with van der Waals surface area (Å²) in [7, 11) is 0. The van der Waals surface area contributed by atoms with E-state index in [0.29, 0.717) is 17.5 Å². The molecule has 1 aliphatic carbocycles. The van der Waals surface area contributed by atoms with E-state index < -0.39 is 17.6 Å². The molecule has 1 saturated carbocycles. The zero-order valence-corrected chi connectivity index (χ0v) is 11.6. The van der Waals surface area contributed by atoms with Crippen LogP contribution in [0.25, 0.3) is 0 Å². The fourth-order valence-electron chi connectivity index (χ4n) is 3.20. The van der Waals surface area contributed by atoms with Gasteiger partial charge in [0.1, 0.15) is 5.82 Å². The summed E-state index contributed by atoms with van der Waals surface area (Å²) in [5.41, 5.74) is -0.452. The third kappa shape index (κ3) is 3.53. The average molecular weight is 288 g/mol. The summed E-state index contributed by atoms with van der Waals surface area (Å²) in [6.07, 6.45) is 1.75. The van der Waals surface area contributed by atoms with Crippen LogP contribution < -0.4 is 0 Å². The van der Waals surface area contributed by atoms with Gasteiger partial charge in [-0.3, -0.25) is 0 Å². The molecule has 0 amide bonds. The van der Waals surface area contributed by atoms with Gasteiger partial charge in [0.25, 0.3) is 0 Å². The van der Waals surface area contributed by atoms with Crippen molar-refractivity contribution >= 4 is 0 Å². The van der Waals surface area contributed by atoms with E-state index in [1.807, 2.05) is 0 Å². The van der Waals surface area contributed by atoms with Crippen LogP contribution in [0.5, 0.6) is 0 Å². The molecule has 4 heteroatoms. The summed E-state index contributed by atoms with van der Waals surface area (Å²) in [6.45, 7) is 2.15. The minimum atomic E-state index is -4.47. The third-order valence-electron chi connectivity index (χ3n) is 4.31. The quantitative estimate of drug-likeness (QED) is 0.606. The molecule has 1 fully saturated rings. The van der Waals surface area contributed by atoms with Crippen molar-refractivity contribution in [3.8, 4) is 0 Å². The van der Waals surface area contributed by atoms with E-state index >= 15 is 0 Å². The molecule has 1 aromatic carbocycles. The SMILES string of the molecule is CCC[C@H]1CC[C@H](c2ccc(C(F)(F)F)cc2F)CC1. The number of rotatable bonds is 3. The second-order valence-corrected chi connectivity index (χ2v) is 5.74. The fourth-order valence-corrected chi connectivity index (χ4v) is 3.20. The van der Waals surface area contributed by atoms with Crippen molar-refractivity contribution in [2.75, 3.05) is 0 Å². The molecule has 0 unspecified atom stereocenters. The standard InChI is InChI=1S/C16H20F4/c1-2-3-11-4-6-12(7-5-11)14-9-8-13(10-15(14)17)16(18,19)20/h8-12H,2-7H2,1H3/t11-,12-. The zero-order valence-electron chi connectivity index (χ0n) is 11.6. The van der Waals surface area contributed by atoms with Gasteiger partial charge in [-0.05, 0) is 55.2 Å². The summed E-state index contributed by atoms with van der Waals surface area (Å²) in [5.74, 6) is 0.0675. The topological polar surface area (TPSA) is 0 Å². The molecule has 1 aliphatic rings. The van der Waals surface area contributed by atoms with Crippen LogP contribution >= 0.6 is 0 Å². The first-order chi connectivity index (χ1) is 9.41. The number of hydrogen-bond donors (Lipinski definition) is 0. The Hall–Kier alpha value is -1.06. The first kappa shape index (κ1) is 15.3. The second-order valence-electron chi connectivity index (χ2n) is 5.74. The smallest absolute Gasteiger partial charge is 0.207 e. The average Bonchev–Trinajstić information content (AvgIpc) is 2.39. The van der Waals surface area contributed by atoms with Crippen molar-refractivity contribution in [1.29, 1.82) is 0 Å². The number of benzene rings is 1. The van der Waals surface area contributed by atoms with Crippen molar-refractivity contribution in [3.05, 3.63) is 35.1 Å². The van der Waals surface area contributed by atoms with E-state index in [1.165, 1.54) is 12.5 Å². The van der Waals surface area contributed by atoms with Crippen LogP contribution in [0.3, 0.4) is 0 Å². The molecular formula is C16H20F4. The first-order valence-electron chi connectivity index (χ1n) is 7.28. The van der Waals surface area contributed by atoms with Crippen molar-refractivity contribution in [1.82, 2.24) is 0 Å². The molecule has 112 valence electrons. The molecule has 0 N–H and O–H groups in total. The van der Waals surface area contributed by atoms with E-state index in [-0.39, 0.29) is 5.92 Å². The third-order valence-corrected chi connectivity index (χ3v) is 4.31. The van der Waals surface area contributed by atoms with Crippen molar-refractivity contribution in [2.24, 2.45) is 5.92 Å². The predicted octanol–water partition coefficient (Wildman–Crippen LogP) is 5.92. The molecule has 0 spiro atoms. The monoisotopic (exact) mass is 288 g/mol. The molecule has 0 saturated heterocycles. The summed E-state index contributed by atoms with van der Waals surface area (Å²) < 4.78 is 51.4. The van der Waals surface area contributed by atoms with Gasteiger partial charge in [0.15, 0.2) is 0 Å². The minimum Gasteiger partial charge on any atom is -0.207 e. The van der Waals surface area contributed by atoms with E-state index in [9.17, 15) is 17.6 Å². The lowest BCUT2D eigenvalue weighted by molar-refractivity contribution is -0.137. The molecule has 0 aromatic heterocycles. The highest BCUT2D eigenvalue weighted by molar-refractivity contribution is 5.29. The molecule has 0 radical (unpaired) electrons. The van der Waals surface area contributed by atoms with Crippen molar-refractivity contribution in [3.63, 3.8) is 0 Å². The van der Waals surface area contributed by atoms with Crippen LogP contribution in [0.15, 0.2) is 18.2 Å². The van der Waals surface area contributed by atoms with E-state index in [0.717, 1.165) is 38.2 Å². The minimum absolute atomic E-state index is 0.0744. The highest BCUT2D eigenvalue weighted by Gasteiger charge is 2.32. The first-order valence-corrected chi connectivity index (χ1v) is 7.28. The largest absolute Gasteiger partial charge is 0.416 e. The van der Waals surface area contributed by atoms with Crippen molar-refractivity contribution < 1.29 is 17.6 Å². The lowest BCUT2D eigenvalue weighted by atomic mass is 9.77. The lowest BCUT2D eigenvalue weighted by Crippen LogP contribution is -2.15. The van der Waals surface area contributed by atoms with Crippen LogP contribution in [-0.4, -0.2) is 0 Å². The Balaban J connectivity index is 2.07. The molecule has 1 aromatic rings. The number of halogens is 4. The normalized spacial score (nSPS) is 23.9. The molecule has 20 heavy (non-hydrogen) atoms. The summed E-state index contributed by atoms with van der Waals surface area (Å²) in [5, 5.41) is 0. The van der Waals surface area contributed by atoms with Crippen LogP contribution in [0.2, 0.25) is 0 Å². The highest BCUT2D eigenvalue weighted by Crippen LogP contribution is 2.39. The summed E-state index contributed by atoms with van der Waals surface area (Å²) in [6, 6.07) is 2.95. The van der Waals surface area contributed by atoms with E-state index in [4.69, 9.17) is 0 Å². The van der Waals surface area contributed by atoms with Crippen LogP contribution in [0.4, 0.5) is 17.6 Å². The highest BCUT2D eigenvalue weighted by atomic mass is 19.4. The van der Waals surface area contributed by atoms with Crippen molar-refractivity contribution in [2.45, 2.75) is 57.5 Å². The second kappa shape index (κ2) is 6.15. The Labute approximate surface area is 117 Å². The van der Waals surface area contributed by atoms with Gasteiger partial charge in [-0.1, -0.05) is 25.8 Å². The Bertz CT molecular complexity index is 442. The maximum atomic E-state index is 13.9. The molecular weight excluding hydrogens is 268 g/mol. The van der Waals surface area contributed by atoms with Gasteiger partial charge in [-0.25, -0.2) is 4.39 Å².